The Morgan fingerprint density at radius 2 is 1.81 bits per heavy atom. The lowest BCUT2D eigenvalue weighted by Crippen LogP contribution is -2.45. The number of hydrogen-bond donors (Lipinski definition) is 2. The molecule has 0 aliphatic heterocycles. The van der Waals surface area contributed by atoms with Crippen molar-refractivity contribution in [3.05, 3.63) is 40.4 Å². The molecule has 0 bridgehead atoms. The molecule has 1 unspecified atom stereocenters. The van der Waals surface area contributed by atoms with E-state index in [1.165, 1.54) is 17.4 Å². The number of thiazole rings is 1. The summed E-state index contributed by atoms with van der Waals surface area (Å²) < 4.78 is 40.3. The van der Waals surface area contributed by atoms with Crippen molar-refractivity contribution in [1.29, 1.82) is 0 Å². The van der Waals surface area contributed by atoms with Crippen molar-refractivity contribution in [1.82, 2.24) is 4.98 Å². The first-order valence-electron chi connectivity index (χ1n) is 10.7. The number of aromatic nitrogens is 1. The van der Waals surface area contributed by atoms with Crippen LogP contribution >= 0.6 is 11.3 Å². The van der Waals surface area contributed by atoms with Gasteiger partial charge in [0.05, 0.1) is 5.56 Å². The molecule has 0 saturated carbocycles. The van der Waals surface area contributed by atoms with E-state index >= 15 is 0 Å². The molecule has 8 heteroatoms. The molecule has 0 fully saturated rings. The molecule has 0 spiro atoms. The summed E-state index contributed by atoms with van der Waals surface area (Å²) in [6.45, 7) is 6.09. The molecule has 31 heavy (non-hydrogen) atoms. The number of aliphatic carboxylic acids is 1. The van der Waals surface area contributed by atoms with Crippen molar-refractivity contribution in [3.8, 4) is 10.6 Å². The number of hydrogen-bond acceptors (Lipinski definition) is 4. The molecule has 1 heterocycles. The normalized spacial score (nSPS) is 14.1. The van der Waals surface area contributed by atoms with Gasteiger partial charge in [-0.25, -0.2) is 9.78 Å². The third-order valence-electron chi connectivity index (χ3n) is 5.46. The van der Waals surface area contributed by atoms with Gasteiger partial charge in [-0.2, -0.15) is 13.2 Å². The van der Waals surface area contributed by atoms with E-state index in [2.05, 4.69) is 11.9 Å². The van der Waals surface area contributed by atoms with Crippen LogP contribution in [-0.2, 0) is 16.5 Å². The van der Waals surface area contributed by atoms with Gasteiger partial charge in [0.2, 0.25) is 0 Å². The fraction of sp³-hybridized carbons (Fsp3) is 0.565. The Labute approximate surface area is 185 Å². The Morgan fingerprint density at radius 3 is 2.35 bits per heavy atom. The average Bonchev–Trinajstić information content (AvgIpc) is 3.19. The van der Waals surface area contributed by atoms with E-state index < -0.39 is 23.2 Å². The van der Waals surface area contributed by atoms with Crippen LogP contribution in [0.4, 0.5) is 13.2 Å². The highest BCUT2D eigenvalue weighted by Gasteiger charge is 2.40. The van der Waals surface area contributed by atoms with Crippen molar-refractivity contribution in [3.63, 3.8) is 0 Å². The average molecular weight is 457 g/mol. The minimum Gasteiger partial charge on any atom is -0.480 e. The number of nitrogens with zero attached hydrogens (tertiary/aromatic N) is 1. The van der Waals surface area contributed by atoms with Crippen molar-refractivity contribution in [2.24, 2.45) is 5.73 Å². The number of carboxylic acids is 1. The largest absolute Gasteiger partial charge is 0.480 e. The molecule has 1 aromatic carbocycles. The predicted molar refractivity (Wildman–Crippen MR) is 118 cm³/mol. The summed E-state index contributed by atoms with van der Waals surface area (Å²) >= 11 is 1.35. The van der Waals surface area contributed by atoms with E-state index in [1.54, 1.807) is 6.20 Å². The second-order valence-electron chi connectivity index (χ2n) is 8.27. The summed E-state index contributed by atoms with van der Waals surface area (Å²) in [5.74, 6) is -1.13. The van der Waals surface area contributed by atoms with E-state index in [1.807, 2.05) is 13.8 Å². The number of benzene rings is 1. The van der Waals surface area contributed by atoms with Gasteiger partial charge in [-0.05, 0) is 30.0 Å². The number of rotatable bonds is 11. The van der Waals surface area contributed by atoms with Crippen LogP contribution in [0.5, 0.6) is 0 Å². The summed E-state index contributed by atoms with van der Waals surface area (Å²) in [4.78, 5) is 17.5. The van der Waals surface area contributed by atoms with Crippen LogP contribution in [0.1, 0.15) is 87.6 Å². The number of carbonyl (C=O) groups is 1. The number of alkyl halides is 3. The Morgan fingerprint density at radius 1 is 1.16 bits per heavy atom. The SMILES string of the molecule is CCCCCCCCC(N)(C(=O)O)c1cc(C(F)(F)F)ccc1-c1ncc(C(C)C)s1. The molecular formula is C23H31F3N2O2S. The van der Waals surface area contributed by atoms with E-state index in [0.717, 1.165) is 49.1 Å². The van der Waals surface area contributed by atoms with Gasteiger partial charge in [0, 0.05) is 16.6 Å². The van der Waals surface area contributed by atoms with E-state index in [4.69, 9.17) is 5.73 Å². The summed E-state index contributed by atoms with van der Waals surface area (Å²) in [6, 6.07) is 3.15. The number of halogens is 3. The fourth-order valence-corrected chi connectivity index (χ4v) is 4.45. The molecule has 0 aliphatic carbocycles. The van der Waals surface area contributed by atoms with E-state index in [-0.39, 0.29) is 17.9 Å². The van der Waals surface area contributed by atoms with E-state index in [0.29, 0.717) is 17.0 Å². The highest BCUT2D eigenvalue weighted by atomic mass is 32.1. The molecule has 4 nitrogen and oxygen atoms in total. The minimum absolute atomic E-state index is 0.0342. The maximum absolute atomic E-state index is 13.4. The number of unbranched alkanes of at least 4 members (excludes halogenated alkanes) is 5. The standard InChI is InChI=1S/C23H31F3N2O2S/c1-4-5-6-7-8-9-12-22(27,21(29)30)18-13-16(23(24,25)26)10-11-17(18)20-28-14-19(31-20)15(2)3/h10-11,13-15H,4-9,12,27H2,1-3H3,(H,29,30). The molecule has 0 amide bonds. The molecule has 3 N–H and O–H groups in total. The lowest BCUT2D eigenvalue weighted by molar-refractivity contribution is -0.144. The zero-order valence-electron chi connectivity index (χ0n) is 18.3. The Bertz CT molecular complexity index is 880. The zero-order chi connectivity index (χ0) is 23.2. The Hall–Kier alpha value is -1.93. The van der Waals surface area contributed by atoms with Crippen molar-refractivity contribution < 1.29 is 23.1 Å². The molecule has 0 radical (unpaired) electrons. The third-order valence-corrected chi connectivity index (χ3v) is 6.79. The van der Waals surface area contributed by atoms with Crippen LogP contribution in [0.25, 0.3) is 10.6 Å². The van der Waals surface area contributed by atoms with Gasteiger partial charge in [-0.15, -0.1) is 11.3 Å². The molecule has 0 aliphatic rings. The van der Waals surface area contributed by atoms with Crippen molar-refractivity contribution in [2.45, 2.75) is 83.4 Å². The van der Waals surface area contributed by atoms with Gasteiger partial charge in [-0.3, -0.25) is 0 Å². The van der Waals surface area contributed by atoms with Crippen LogP contribution in [-0.4, -0.2) is 16.1 Å². The first kappa shape index (κ1) is 25.3. The second-order valence-corrected chi connectivity index (χ2v) is 9.34. The smallest absolute Gasteiger partial charge is 0.416 e. The molecule has 1 aromatic heterocycles. The van der Waals surface area contributed by atoms with Gasteiger partial charge in [-0.1, -0.05) is 65.4 Å². The maximum atomic E-state index is 13.4. The van der Waals surface area contributed by atoms with Crippen LogP contribution in [0.2, 0.25) is 0 Å². The van der Waals surface area contributed by atoms with Crippen LogP contribution in [0, 0.1) is 0 Å². The predicted octanol–water partition coefficient (Wildman–Crippen LogP) is 6.94. The van der Waals surface area contributed by atoms with Gasteiger partial charge in [0.15, 0.2) is 0 Å². The van der Waals surface area contributed by atoms with Crippen LogP contribution < -0.4 is 5.73 Å². The first-order chi connectivity index (χ1) is 14.5. The summed E-state index contributed by atoms with van der Waals surface area (Å²) in [5.41, 5.74) is 3.81. The van der Waals surface area contributed by atoms with Crippen molar-refractivity contribution in [2.75, 3.05) is 0 Å². The highest BCUT2D eigenvalue weighted by molar-refractivity contribution is 7.15. The second kappa shape index (κ2) is 10.6. The molecular weight excluding hydrogens is 425 g/mol. The molecule has 172 valence electrons. The van der Waals surface area contributed by atoms with Gasteiger partial charge in [0.1, 0.15) is 10.5 Å². The lowest BCUT2D eigenvalue weighted by Gasteiger charge is -2.28. The minimum atomic E-state index is -4.60. The van der Waals surface area contributed by atoms with Gasteiger partial charge < -0.3 is 10.8 Å². The quantitative estimate of drug-likeness (QED) is 0.359. The third kappa shape index (κ3) is 6.29. The summed E-state index contributed by atoms with van der Waals surface area (Å²) in [7, 11) is 0. The van der Waals surface area contributed by atoms with Crippen molar-refractivity contribution >= 4 is 17.3 Å². The lowest BCUT2D eigenvalue weighted by atomic mass is 9.82. The molecule has 1 atom stereocenters. The first-order valence-corrected chi connectivity index (χ1v) is 11.5. The highest BCUT2D eigenvalue weighted by Crippen LogP contribution is 2.40. The number of nitrogens with two attached hydrogens (primary N) is 1. The zero-order valence-corrected chi connectivity index (χ0v) is 19.1. The molecule has 0 saturated heterocycles. The topological polar surface area (TPSA) is 76.2 Å². The van der Waals surface area contributed by atoms with Gasteiger partial charge >= 0.3 is 12.1 Å². The fourth-order valence-electron chi connectivity index (χ4n) is 3.50. The van der Waals surface area contributed by atoms with Crippen LogP contribution in [0.15, 0.2) is 24.4 Å². The maximum Gasteiger partial charge on any atom is 0.416 e. The monoisotopic (exact) mass is 456 g/mol. The Kier molecular flexibility index (Phi) is 8.65. The van der Waals surface area contributed by atoms with Crippen LogP contribution in [0.3, 0.4) is 0 Å². The van der Waals surface area contributed by atoms with Gasteiger partial charge in [0.25, 0.3) is 0 Å². The number of carboxylic acid groups (broad SMARTS) is 1. The Balaban J connectivity index is 2.47. The summed E-state index contributed by atoms with van der Waals surface area (Å²) in [5, 5.41) is 10.4. The molecule has 2 aromatic rings. The molecule has 2 rings (SSSR count). The van der Waals surface area contributed by atoms with E-state index in [9.17, 15) is 23.1 Å². The summed E-state index contributed by atoms with van der Waals surface area (Å²) in [6.07, 6.45) is 2.65.